The highest BCUT2D eigenvalue weighted by atomic mass is 16.5. The number of hydrogen-bond acceptors (Lipinski definition) is 3. The number of H-pyrrole nitrogens is 1. The van der Waals surface area contributed by atoms with E-state index in [9.17, 15) is 4.79 Å². The number of morpholine rings is 1. The molecule has 2 aromatic carbocycles. The molecule has 0 unspecified atom stereocenters. The van der Waals surface area contributed by atoms with Crippen LogP contribution in [0.2, 0.25) is 0 Å². The van der Waals surface area contributed by atoms with Crippen molar-refractivity contribution in [1.29, 1.82) is 0 Å². The molecule has 1 amide bonds. The number of para-hydroxylation sites is 1. The van der Waals surface area contributed by atoms with E-state index in [-0.39, 0.29) is 11.5 Å². The van der Waals surface area contributed by atoms with Crippen LogP contribution in [0.1, 0.15) is 24.3 Å². The Morgan fingerprint density at radius 2 is 1.93 bits per heavy atom. The number of amides is 1. The molecule has 4 rings (SSSR count). The van der Waals surface area contributed by atoms with E-state index in [1.54, 1.807) is 11.9 Å². The zero-order valence-electron chi connectivity index (χ0n) is 16.0. The van der Waals surface area contributed by atoms with E-state index < -0.39 is 0 Å². The molecule has 0 saturated carbocycles. The molecule has 1 N–H and O–H groups in total. The van der Waals surface area contributed by atoms with Crippen molar-refractivity contribution in [2.24, 2.45) is 0 Å². The van der Waals surface area contributed by atoms with Gasteiger partial charge in [-0.1, -0.05) is 18.2 Å². The summed E-state index contributed by atoms with van der Waals surface area (Å²) in [7, 11) is 1.80. The molecule has 1 saturated heterocycles. The molecule has 140 valence electrons. The Hall–Kier alpha value is -2.79. The van der Waals surface area contributed by atoms with Crippen LogP contribution < -0.4 is 9.80 Å². The normalized spacial score (nSPS) is 16.5. The first-order valence-corrected chi connectivity index (χ1v) is 9.28. The zero-order valence-corrected chi connectivity index (χ0v) is 16.0. The molecule has 0 bridgehead atoms. The first-order valence-electron chi connectivity index (χ1n) is 9.28. The summed E-state index contributed by atoms with van der Waals surface area (Å²) in [6.45, 7) is 6.69. The summed E-state index contributed by atoms with van der Waals surface area (Å²) in [6, 6.07) is 17.9. The standard InChI is InChI=1S/C22H25N3O2/c1-22(2)15-25(11-12-27-22)18-9-10-19-16(13-18)14-20(23-19)21(26)24(3)17-7-5-4-6-8-17/h4-10,13-14,23H,11-12,15H2,1-3H3. The van der Waals surface area contributed by atoms with Crippen molar-refractivity contribution >= 4 is 28.2 Å². The van der Waals surface area contributed by atoms with Gasteiger partial charge in [-0.2, -0.15) is 0 Å². The van der Waals surface area contributed by atoms with Crippen LogP contribution in [0, 0.1) is 0 Å². The first kappa shape index (κ1) is 17.6. The third-order valence-electron chi connectivity index (χ3n) is 5.07. The number of hydrogen-bond donors (Lipinski definition) is 1. The average molecular weight is 363 g/mol. The van der Waals surface area contributed by atoms with Gasteiger partial charge in [-0.05, 0) is 50.2 Å². The summed E-state index contributed by atoms with van der Waals surface area (Å²) in [5.41, 5.74) is 3.45. The van der Waals surface area contributed by atoms with E-state index in [0.717, 1.165) is 42.0 Å². The van der Waals surface area contributed by atoms with Gasteiger partial charge in [-0.25, -0.2) is 0 Å². The van der Waals surface area contributed by atoms with Crippen LogP contribution >= 0.6 is 0 Å². The van der Waals surface area contributed by atoms with E-state index in [2.05, 4.69) is 35.9 Å². The van der Waals surface area contributed by atoms with Crippen LogP contribution in [-0.2, 0) is 4.74 Å². The molecule has 1 fully saturated rings. The maximum Gasteiger partial charge on any atom is 0.274 e. The highest BCUT2D eigenvalue weighted by Gasteiger charge is 2.27. The second-order valence-corrected chi connectivity index (χ2v) is 7.68. The maximum atomic E-state index is 12.9. The van der Waals surface area contributed by atoms with E-state index in [1.165, 1.54) is 0 Å². The van der Waals surface area contributed by atoms with E-state index >= 15 is 0 Å². The minimum atomic E-state index is -0.148. The van der Waals surface area contributed by atoms with Crippen molar-refractivity contribution in [2.45, 2.75) is 19.4 Å². The number of aromatic amines is 1. The van der Waals surface area contributed by atoms with Crippen molar-refractivity contribution in [1.82, 2.24) is 4.98 Å². The number of carbonyl (C=O) groups excluding carboxylic acids is 1. The van der Waals surface area contributed by atoms with Gasteiger partial charge in [-0.3, -0.25) is 4.79 Å². The molecule has 1 aliphatic heterocycles. The van der Waals surface area contributed by atoms with Gasteiger partial charge in [0.1, 0.15) is 5.69 Å². The highest BCUT2D eigenvalue weighted by Crippen LogP contribution is 2.27. The number of anilines is 2. The molecular formula is C22H25N3O2. The molecule has 0 spiro atoms. The van der Waals surface area contributed by atoms with Crippen LogP contribution in [0.5, 0.6) is 0 Å². The summed E-state index contributed by atoms with van der Waals surface area (Å²) in [6.07, 6.45) is 0. The molecule has 2 heterocycles. The van der Waals surface area contributed by atoms with Gasteiger partial charge in [0.25, 0.3) is 5.91 Å². The van der Waals surface area contributed by atoms with E-state index in [1.807, 2.05) is 42.5 Å². The molecule has 3 aromatic rings. The van der Waals surface area contributed by atoms with Crippen LogP contribution in [0.4, 0.5) is 11.4 Å². The zero-order chi connectivity index (χ0) is 19.0. The molecule has 1 aliphatic rings. The summed E-state index contributed by atoms with van der Waals surface area (Å²) >= 11 is 0. The number of fused-ring (bicyclic) bond motifs is 1. The average Bonchev–Trinajstić information content (AvgIpc) is 3.10. The summed E-state index contributed by atoms with van der Waals surface area (Å²) < 4.78 is 5.81. The number of carbonyl (C=O) groups is 1. The maximum absolute atomic E-state index is 12.9. The van der Waals surface area contributed by atoms with Crippen molar-refractivity contribution in [3.63, 3.8) is 0 Å². The van der Waals surface area contributed by atoms with Crippen molar-refractivity contribution < 1.29 is 9.53 Å². The van der Waals surface area contributed by atoms with Crippen LogP contribution in [0.3, 0.4) is 0 Å². The third-order valence-corrected chi connectivity index (χ3v) is 5.07. The molecule has 0 radical (unpaired) electrons. The molecular weight excluding hydrogens is 338 g/mol. The van der Waals surface area contributed by atoms with Gasteiger partial charge in [0.15, 0.2) is 0 Å². The quantitative estimate of drug-likeness (QED) is 0.763. The van der Waals surface area contributed by atoms with Gasteiger partial charge in [-0.15, -0.1) is 0 Å². The monoisotopic (exact) mass is 363 g/mol. The fourth-order valence-electron chi connectivity index (χ4n) is 3.62. The summed E-state index contributed by atoms with van der Waals surface area (Å²) in [5, 5.41) is 1.04. The number of nitrogens with one attached hydrogen (secondary N) is 1. The lowest BCUT2D eigenvalue weighted by Gasteiger charge is -2.39. The number of nitrogens with zero attached hydrogens (tertiary/aromatic N) is 2. The minimum Gasteiger partial charge on any atom is -0.372 e. The Labute approximate surface area is 159 Å². The van der Waals surface area contributed by atoms with Crippen molar-refractivity contribution in [3.05, 3.63) is 60.3 Å². The molecule has 0 atom stereocenters. The van der Waals surface area contributed by atoms with Gasteiger partial charge in [0.2, 0.25) is 0 Å². The number of ether oxygens (including phenoxy) is 1. The SMILES string of the molecule is CN(C(=O)c1cc2cc(N3CCOC(C)(C)C3)ccc2[nH]1)c1ccccc1. The van der Waals surface area contributed by atoms with Crippen molar-refractivity contribution in [3.8, 4) is 0 Å². The Morgan fingerprint density at radius 1 is 1.15 bits per heavy atom. The Bertz CT molecular complexity index is 962. The number of rotatable bonds is 3. The first-order chi connectivity index (χ1) is 12.9. The Balaban J connectivity index is 1.60. The van der Waals surface area contributed by atoms with Crippen LogP contribution in [0.25, 0.3) is 10.9 Å². The predicted octanol–water partition coefficient (Wildman–Crippen LogP) is 4.06. The Kier molecular flexibility index (Phi) is 4.40. The minimum absolute atomic E-state index is 0.0496. The fraction of sp³-hybridized carbons (Fsp3) is 0.318. The lowest BCUT2D eigenvalue weighted by atomic mass is 10.1. The second kappa shape index (κ2) is 6.74. The van der Waals surface area contributed by atoms with Gasteiger partial charge < -0.3 is 19.5 Å². The molecule has 5 heteroatoms. The molecule has 1 aromatic heterocycles. The van der Waals surface area contributed by atoms with Gasteiger partial charge >= 0.3 is 0 Å². The van der Waals surface area contributed by atoms with E-state index in [0.29, 0.717) is 5.69 Å². The summed E-state index contributed by atoms with van der Waals surface area (Å²) in [5.74, 6) is -0.0496. The largest absolute Gasteiger partial charge is 0.372 e. The third kappa shape index (κ3) is 3.55. The van der Waals surface area contributed by atoms with Crippen LogP contribution in [0.15, 0.2) is 54.6 Å². The second-order valence-electron chi connectivity index (χ2n) is 7.68. The lowest BCUT2D eigenvalue weighted by Crippen LogP contribution is -2.48. The van der Waals surface area contributed by atoms with E-state index in [4.69, 9.17) is 4.74 Å². The van der Waals surface area contributed by atoms with Crippen LogP contribution in [-0.4, -0.2) is 43.2 Å². The van der Waals surface area contributed by atoms with Gasteiger partial charge in [0.05, 0.1) is 12.2 Å². The molecule has 0 aliphatic carbocycles. The number of aromatic nitrogens is 1. The predicted molar refractivity (Wildman–Crippen MR) is 110 cm³/mol. The Morgan fingerprint density at radius 3 is 2.67 bits per heavy atom. The molecule has 27 heavy (non-hydrogen) atoms. The molecule has 5 nitrogen and oxygen atoms in total. The van der Waals surface area contributed by atoms with Crippen molar-refractivity contribution in [2.75, 3.05) is 36.5 Å². The lowest BCUT2D eigenvalue weighted by molar-refractivity contribution is -0.0276. The summed E-state index contributed by atoms with van der Waals surface area (Å²) in [4.78, 5) is 20.1. The highest BCUT2D eigenvalue weighted by molar-refractivity contribution is 6.07. The smallest absolute Gasteiger partial charge is 0.274 e. The number of benzene rings is 2. The fourth-order valence-corrected chi connectivity index (χ4v) is 3.62. The topological polar surface area (TPSA) is 48.6 Å². The van der Waals surface area contributed by atoms with Gasteiger partial charge in [0, 0.05) is 42.4 Å².